The molecule has 4 rings (SSSR count). The van der Waals surface area contributed by atoms with E-state index in [1.165, 1.54) is 70.6 Å². The van der Waals surface area contributed by atoms with Gasteiger partial charge in [-0.05, 0) is 50.4 Å². The Morgan fingerprint density at radius 3 is 2.26 bits per heavy atom. The van der Waals surface area contributed by atoms with Crippen molar-refractivity contribution < 1.29 is 19.7 Å². The second-order valence-corrected chi connectivity index (χ2v) is 12.1. The summed E-state index contributed by atoms with van der Waals surface area (Å²) >= 11 is 0. The highest BCUT2D eigenvalue weighted by Crippen LogP contribution is 2.72. The first-order valence-corrected chi connectivity index (χ1v) is 15.2. The summed E-state index contributed by atoms with van der Waals surface area (Å²) in [6, 6.07) is 0. The average Bonchev–Trinajstić information content (AvgIpc) is 3.40. The van der Waals surface area contributed by atoms with E-state index in [0.29, 0.717) is 31.0 Å². The zero-order valence-electron chi connectivity index (χ0n) is 22.6. The molecule has 2 N–H and O–H groups in total. The topological polar surface area (TPSA) is 58.9 Å². The summed E-state index contributed by atoms with van der Waals surface area (Å²) < 4.78 is 13.2. The minimum Gasteiger partial charge on any atom is -0.392 e. The van der Waals surface area contributed by atoms with Crippen LogP contribution in [0.15, 0.2) is 0 Å². The number of hydrogen-bond acceptors (Lipinski definition) is 4. The molecule has 4 aliphatic rings. The summed E-state index contributed by atoms with van der Waals surface area (Å²) in [6.07, 6.45) is 18.7. The van der Waals surface area contributed by atoms with Crippen molar-refractivity contribution in [3.8, 4) is 11.8 Å². The molecule has 4 fully saturated rings. The summed E-state index contributed by atoms with van der Waals surface area (Å²) in [5, 5.41) is 22.1. The van der Waals surface area contributed by atoms with E-state index in [-0.39, 0.29) is 11.3 Å². The van der Waals surface area contributed by atoms with E-state index in [2.05, 4.69) is 25.7 Å². The molecule has 1 aliphatic heterocycles. The van der Waals surface area contributed by atoms with Gasteiger partial charge < -0.3 is 19.7 Å². The first-order valence-electron chi connectivity index (χ1n) is 15.2. The van der Waals surface area contributed by atoms with Crippen LogP contribution in [-0.2, 0) is 9.47 Å². The Bertz CT molecular complexity index is 699. The van der Waals surface area contributed by atoms with E-state index in [1.807, 2.05) is 0 Å². The third-order valence-electron chi connectivity index (χ3n) is 10.00. The van der Waals surface area contributed by atoms with Crippen molar-refractivity contribution in [3.05, 3.63) is 0 Å². The summed E-state index contributed by atoms with van der Waals surface area (Å²) in [4.78, 5) is 0. The van der Waals surface area contributed by atoms with Crippen LogP contribution >= 0.6 is 0 Å². The van der Waals surface area contributed by atoms with E-state index >= 15 is 0 Å². The van der Waals surface area contributed by atoms with Gasteiger partial charge in [-0.3, -0.25) is 0 Å². The molecule has 0 radical (unpaired) electrons. The zero-order chi connectivity index (χ0) is 24.7. The van der Waals surface area contributed by atoms with Crippen molar-refractivity contribution >= 4 is 0 Å². The van der Waals surface area contributed by atoms with Crippen molar-refractivity contribution in [2.24, 2.45) is 29.1 Å². The van der Waals surface area contributed by atoms with Crippen LogP contribution in [0.4, 0.5) is 0 Å². The number of rotatable bonds is 11. The molecule has 0 aromatic heterocycles. The summed E-state index contributed by atoms with van der Waals surface area (Å²) in [5.41, 5.74) is -0.0406. The lowest BCUT2D eigenvalue weighted by Crippen LogP contribution is -2.75. The van der Waals surface area contributed by atoms with E-state index in [0.717, 1.165) is 38.5 Å². The van der Waals surface area contributed by atoms with Gasteiger partial charge in [-0.15, -0.1) is 0 Å². The minimum atomic E-state index is -0.556. The number of aliphatic hydroxyl groups excluding tert-OH is 2. The van der Waals surface area contributed by atoms with Gasteiger partial charge in [0.25, 0.3) is 0 Å². The van der Waals surface area contributed by atoms with Gasteiger partial charge in [-0.1, -0.05) is 96.3 Å². The quantitative estimate of drug-likeness (QED) is 0.253. The lowest BCUT2D eigenvalue weighted by molar-refractivity contribution is -0.394. The fourth-order valence-electron chi connectivity index (χ4n) is 8.24. The molecule has 3 aliphatic carbocycles. The molecule has 4 heteroatoms. The smallest absolute Gasteiger partial charge is 0.177 e. The van der Waals surface area contributed by atoms with Gasteiger partial charge in [0.2, 0.25) is 0 Å². The van der Waals surface area contributed by atoms with Crippen LogP contribution in [0.2, 0.25) is 0 Å². The van der Waals surface area contributed by atoms with Crippen molar-refractivity contribution in [3.63, 3.8) is 0 Å². The predicted molar refractivity (Wildman–Crippen MR) is 141 cm³/mol. The first-order chi connectivity index (χ1) is 17.1. The van der Waals surface area contributed by atoms with Crippen molar-refractivity contribution in [1.29, 1.82) is 0 Å². The minimum absolute atomic E-state index is 0.0406. The van der Waals surface area contributed by atoms with Gasteiger partial charge in [0.15, 0.2) is 5.79 Å². The molecule has 3 saturated carbocycles. The second-order valence-electron chi connectivity index (χ2n) is 12.1. The largest absolute Gasteiger partial charge is 0.392 e. The second kappa shape index (κ2) is 12.8. The molecular weight excluding hydrogens is 436 g/mol. The Hall–Kier alpha value is -0.600. The maximum atomic E-state index is 11.2. The van der Waals surface area contributed by atoms with Gasteiger partial charge in [0, 0.05) is 11.3 Å². The van der Waals surface area contributed by atoms with E-state index in [1.54, 1.807) is 0 Å². The third-order valence-corrected chi connectivity index (χ3v) is 10.00. The van der Waals surface area contributed by atoms with Crippen LogP contribution in [0.1, 0.15) is 123 Å². The molecule has 1 spiro atoms. The highest BCUT2D eigenvalue weighted by atomic mass is 16.7. The van der Waals surface area contributed by atoms with Crippen molar-refractivity contribution in [2.45, 2.75) is 141 Å². The molecular formula is C31H52O4. The molecule has 6 atom stereocenters. The van der Waals surface area contributed by atoms with Crippen LogP contribution in [0, 0.1) is 40.9 Å². The molecule has 1 saturated heterocycles. The summed E-state index contributed by atoms with van der Waals surface area (Å²) in [7, 11) is 0. The number of ether oxygens (including phenoxy) is 2. The van der Waals surface area contributed by atoms with Gasteiger partial charge in [-0.2, -0.15) is 0 Å². The van der Waals surface area contributed by atoms with Gasteiger partial charge >= 0.3 is 0 Å². The fourth-order valence-corrected chi connectivity index (χ4v) is 8.24. The maximum Gasteiger partial charge on any atom is 0.177 e. The number of aliphatic hydroxyl groups is 2. The molecule has 1 heterocycles. The van der Waals surface area contributed by atoms with Gasteiger partial charge in [-0.25, -0.2) is 0 Å². The van der Waals surface area contributed by atoms with Crippen molar-refractivity contribution in [2.75, 3.05) is 13.2 Å². The van der Waals surface area contributed by atoms with Crippen LogP contribution < -0.4 is 0 Å². The van der Waals surface area contributed by atoms with Gasteiger partial charge in [0.1, 0.15) is 6.10 Å². The van der Waals surface area contributed by atoms with Crippen LogP contribution in [-0.4, -0.2) is 41.4 Å². The lowest BCUT2D eigenvalue weighted by atomic mass is 9.39. The van der Waals surface area contributed by atoms with E-state index in [4.69, 9.17) is 9.47 Å². The average molecular weight is 489 g/mol. The van der Waals surface area contributed by atoms with Gasteiger partial charge in [0.05, 0.1) is 25.2 Å². The number of hydrogen-bond donors (Lipinski definition) is 2. The molecule has 0 aromatic carbocycles. The standard InChI is InChI=1S/C31H52O4/c1-3-5-7-12-16-26-29-25(17-18-27(32)24-14-10-9-11-15-24)28(33)19-21-30(29,20-13-8-6-4-2)31(26)34-22-23-35-31/h24-29,32-33H,3-16,19-23H2,1-2H3/t25-,26?,27+,28+,29-,30-/m0/s1. The highest BCUT2D eigenvalue weighted by Gasteiger charge is 2.76. The predicted octanol–water partition coefficient (Wildman–Crippen LogP) is 6.62. The molecule has 0 amide bonds. The Morgan fingerprint density at radius 2 is 1.57 bits per heavy atom. The Morgan fingerprint density at radius 1 is 0.886 bits per heavy atom. The van der Waals surface area contributed by atoms with Crippen LogP contribution in [0.25, 0.3) is 0 Å². The normalized spacial score (nSPS) is 35.2. The SMILES string of the molecule is CCCCCCC1[C@@H]2[C@@H](C#C[C@@H](O)C3CCCCC3)[C@H](O)CC[C@]2(CCCCCC)C12OCCO2. The fraction of sp³-hybridized carbons (Fsp3) is 0.935. The monoisotopic (exact) mass is 488 g/mol. The molecule has 35 heavy (non-hydrogen) atoms. The first kappa shape index (κ1) is 27.4. The third kappa shape index (κ3) is 5.50. The number of fused-ring (bicyclic) bond motifs is 2. The zero-order valence-corrected chi connectivity index (χ0v) is 22.6. The molecule has 0 aromatic rings. The molecule has 200 valence electrons. The van der Waals surface area contributed by atoms with Crippen molar-refractivity contribution in [1.82, 2.24) is 0 Å². The molecule has 0 bridgehead atoms. The Kier molecular flexibility index (Phi) is 10.0. The molecule has 4 nitrogen and oxygen atoms in total. The molecule has 1 unspecified atom stereocenters. The van der Waals surface area contributed by atoms with E-state index < -0.39 is 18.0 Å². The van der Waals surface area contributed by atoms with Crippen LogP contribution in [0.5, 0.6) is 0 Å². The van der Waals surface area contributed by atoms with E-state index in [9.17, 15) is 10.2 Å². The summed E-state index contributed by atoms with van der Waals surface area (Å²) in [5.74, 6) is 7.12. The Balaban J connectivity index is 1.58. The lowest BCUT2D eigenvalue weighted by Gasteiger charge is -2.70. The maximum absolute atomic E-state index is 11.2. The highest BCUT2D eigenvalue weighted by molar-refractivity contribution is 5.25. The summed E-state index contributed by atoms with van der Waals surface area (Å²) in [6.45, 7) is 5.90. The Labute approximate surface area is 214 Å². The van der Waals surface area contributed by atoms with Crippen LogP contribution in [0.3, 0.4) is 0 Å². The number of unbranched alkanes of at least 4 members (excludes halogenated alkanes) is 6.